The molecule has 0 radical (unpaired) electrons. The molecule has 2 atom stereocenters. The Morgan fingerprint density at radius 3 is 2.17 bits per heavy atom. The standard InChI is InChI=1S/C22H25ClN2O4/c1-14(2)20(25-19(26)13-16-7-5-4-6-8-16)22(28)29-15(3)21(27)24-18-11-9-17(23)10-12-18/h4-12,14-15,20H,13H2,1-3H3,(H,24,27)(H,25,26)/t15-,20-/m0/s1. The van der Waals surface area contributed by atoms with Crippen LogP contribution in [0.25, 0.3) is 0 Å². The first kappa shape index (κ1) is 22.4. The van der Waals surface area contributed by atoms with Crippen molar-refractivity contribution >= 4 is 35.1 Å². The van der Waals surface area contributed by atoms with E-state index in [0.717, 1.165) is 5.56 Å². The second kappa shape index (κ2) is 10.6. The van der Waals surface area contributed by atoms with E-state index in [-0.39, 0.29) is 18.2 Å². The lowest BCUT2D eigenvalue weighted by atomic mass is 10.0. The van der Waals surface area contributed by atoms with Gasteiger partial charge >= 0.3 is 5.97 Å². The third-order valence-electron chi connectivity index (χ3n) is 4.22. The van der Waals surface area contributed by atoms with Gasteiger partial charge in [-0.05, 0) is 42.7 Å². The van der Waals surface area contributed by atoms with Gasteiger partial charge in [-0.15, -0.1) is 0 Å². The fourth-order valence-corrected chi connectivity index (χ4v) is 2.71. The molecular weight excluding hydrogens is 392 g/mol. The van der Waals surface area contributed by atoms with Gasteiger partial charge in [-0.1, -0.05) is 55.8 Å². The third kappa shape index (κ3) is 7.23. The number of amides is 2. The van der Waals surface area contributed by atoms with Gasteiger partial charge in [-0.25, -0.2) is 4.79 Å². The third-order valence-corrected chi connectivity index (χ3v) is 4.47. The van der Waals surface area contributed by atoms with Crippen LogP contribution in [0.1, 0.15) is 26.3 Å². The van der Waals surface area contributed by atoms with Crippen LogP contribution in [0, 0.1) is 5.92 Å². The molecule has 0 heterocycles. The highest BCUT2D eigenvalue weighted by molar-refractivity contribution is 6.30. The highest BCUT2D eigenvalue weighted by Gasteiger charge is 2.29. The average Bonchev–Trinajstić information content (AvgIpc) is 2.68. The monoisotopic (exact) mass is 416 g/mol. The minimum absolute atomic E-state index is 0.157. The van der Waals surface area contributed by atoms with Gasteiger partial charge in [0, 0.05) is 10.7 Å². The number of anilines is 1. The van der Waals surface area contributed by atoms with E-state index in [1.165, 1.54) is 6.92 Å². The number of nitrogens with one attached hydrogen (secondary N) is 2. The number of halogens is 1. The van der Waals surface area contributed by atoms with Crippen molar-refractivity contribution in [2.75, 3.05) is 5.32 Å². The topological polar surface area (TPSA) is 84.5 Å². The fourth-order valence-electron chi connectivity index (χ4n) is 2.58. The molecule has 0 spiro atoms. The number of ether oxygens (including phenoxy) is 1. The van der Waals surface area contributed by atoms with Crippen LogP contribution in [0.5, 0.6) is 0 Å². The minimum atomic E-state index is -1.02. The van der Waals surface area contributed by atoms with E-state index in [1.807, 2.05) is 30.3 Å². The van der Waals surface area contributed by atoms with Crippen molar-refractivity contribution in [1.29, 1.82) is 0 Å². The Labute approximate surface area is 175 Å². The molecule has 154 valence electrons. The van der Waals surface area contributed by atoms with E-state index < -0.39 is 24.0 Å². The van der Waals surface area contributed by atoms with Crippen LogP contribution in [0.4, 0.5) is 5.69 Å². The first-order valence-corrected chi connectivity index (χ1v) is 9.74. The first-order chi connectivity index (χ1) is 13.8. The molecule has 0 aliphatic heterocycles. The van der Waals surface area contributed by atoms with E-state index in [9.17, 15) is 14.4 Å². The Morgan fingerprint density at radius 2 is 1.59 bits per heavy atom. The Hall–Kier alpha value is -2.86. The van der Waals surface area contributed by atoms with Gasteiger partial charge in [0.15, 0.2) is 6.10 Å². The summed E-state index contributed by atoms with van der Waals surface area (Å²) in [6.07, 6.45) is -0.866. The van der Waals surface area contributed by atoms with Gasteiger partial charge < -0.3 is 15.4 Å². The van der Waals surface area contributed by atoms with E-state index in [2.05, 4.69) is 10.6 Å². The van der Waals surface area contributed by atoms with Crippen LogP contribution in [-0.2, 0) is 25.5 Å². The zero-order valence-corrected chi connectivity index (χ0v) is 17.4. The number of hydrogen-bond acceptors (Lipinski definition) is 4. The van der Waals surface area contributed by atoms with Crippen molar-refractivity contribution in [2.24, 2.45) is 5.92 Å². The summed E-state index contributed by atoms with van der Waals surface area (Å²) in [5, 5.41) is 5.91. The molecule has 0 bridgehead atoms. The summed E-state index contributed by atoms with van der Waals surface area (Å²) >= 11 is 5.82. The van der Waals surface area contributed by atoms with Crippen LogP contribution < -0.4 is 10.6 Å². The highest BCUT2D eigenvalue weighted by Crippen LogP contribution is 2.14. The quantitative estimate of drug-likeness (QED) is 0.644. The summed E-state index contributed by atoms with van der Waals surface area (Å²) in [4.78, 5) is 37.1. The summed E-state index contributed by atoms with van der Waals surface area (Å²) < 4.78 is 5.29. The molecule has 0 fully saturated rings. The highest BCUT2D eigenvalue weighted by atomic mass is 35.5. The first-order valence-electron chi connectivity index (χ1n) is 9.36. The normalized spacial score (nSPS) is 12.7. The fraction of sp³-hybridized carbons (Fsp3) is 0.318. The average molecular weight is 417 g/mol. The summed E-state index contributed by atoms with van der Waals surface area (Å²) in [5.74, 6) is -1.61. The molecule has 0 aliphatic rings. The predicted molar refractivity (Wildman–Crippen MR) is 113 cm³/mol. The molecule has 2 aromatic carbocycles. The lowest BCUT2D eigenvalue weighted by molar-refractivity contribution is -0.157. The van der Waals surface area contributed by atoms with Crippen molar-refractivity contribution in [3.63, 3.8) is 0 Å². The smallest absolute Gasteiger partial charge is 0.329 e. The summed E-state index contributed by atoms with van der Waals surface area (Å²) in [6.45, 7) is 5.08. The van der Waals surface area contributed by atoms with Crippen molar-refractivity contribution in [3.05, 3.63) is 65.2 Å². The van der Waals surface area contributed by atoms with Crippen molar-refractivity contribution < 1.29 is 19.1 Å². The number of carbonyl (C=O) groups excluding carboxylic acids is 3. The lowest BCUT2D eigenvalue weighted by Gasteiger charge is -2.23. The minimum Gasteiger partial charge on any atom is -0.451 e. The van der Waals surface area contributed by atoms with Gasteiger partial charge in [0.1, 0.15) is 6.04 Å². The maximum absolute atomic E-state index is 12.6. The van der Waals surface area contributed by atoms with E-state index in [1.54, 1.807) is 38.1 Å². The molecule has 0 saturated carbocycles. The van der Waals surface area contributed by atoms with Gasteiger partial charge in [0.25, 0.3) is 5.91 Å². The molecule has 29 heavy (non-hydrogen) atoms. The van der Waals surface area contributed by atoms with E-state index in [4.69, 9.17) is 16.3 Å². The molecule has 2 rings (SSSR count). The molecular formula is C22H25ClN2O4. The molecule has 0 aliphatic carbocycles. The van der Waals surface area contributed by atoms with Crippen LogP contribution >= 0.6 is 11.6 Å². The van der Waals surface area contributed by atoms with Gasteiger partial charge in [0.2, 0.25) is 5.91 Å². The summed E-state index contributed by atoms with van der Waals surface area (Å²) in [6, 6.07) is 15.0. The molecule has 6 nitrogen and oxygen atoms in total. The number of hydrogen-bond donors (Lipinski definition) is 2. The Kier molecular flexibility index (Phi) is 8.21. The van der Waals surface area contributed by atoms with Crippen LogP contribution in [-0.4, -0.2) is 29.9 Å². The molecule has 0 aromatic heterocycles. The predicted octanol–water partition coefficient (Wildman–Crippen LogP) is 3.59. The van der Waals surface area contributed by atoms with Crippen LogP contribution in [0.2, 0.25) is 5.02 Å². The number of benzene rings is 2. The molecule has 2 N–H and O–H groups in total. The zero-order valence-electron chi connectivity index (χ0n) is 16.6. The Bertz CT molecular complexity index is 838. The Balaban J connectivity index is 1.92. The second-order valence-electron chi connectivity index (χ2n) is 7.03. The summed E-state index contributed by atoms with van der Waals surface area (Å²) in [5.41, 5.74) is 1.38. The molecule has 0 unspecified atom stereocenters. The molecule has 2 aromatic rings. The van der Waals surface area contributed by atoms with E-state index in [0.29, 0.717) is 10.7 Å². The number of carbonyl (C=O) groups is 3. The van der Waals surface area contributed by atoms with Gasteiger partial charge in [-0.2, -0.15) is 0 Å². The largest absolute Gasteiger partial charge is 0.451 e. The van der Waals surface area contributed by atoms with Crippen LogP contribution in [0.15, 0.2) is 54.6 Å². The van der Waals surface area contributed by atoms with Crippen molar-refractivity contribution in [3.8, 4) is 0 Å². The number of esters is 1. The molecule has 7 heteroatoms. The summed E-state index contributed by atoms with van der Waals surface area (Å²) in [7, 11) is 0. The lowest BCUT2D eigenvalue weighted by Crippen LogP contribution is -2.47. The zero-order chi connectivity index (χ0) is 21.4. The van der Waals surface area contributed by atoms with Gasteiger partial charge in [0.05, 0.1) is 6.42 Å². The van der Waals surface area contributed by atoms with Gasteiger partial charge in [-0.3, -0.25) is 9.59 Å². The SMILES string of the molecule is CC(C)[C@H](NC(=O)Cc1ccccc1)C(=O)O[C@@H](C)C(=O)Nc1ccc(Cl)cc1. The van der Waals surface area contributed by atoms with E-state index >= 15 is 0 Å². The van der Waals surface area contributed by atoms with Crippen molar-refractivity contribution in [2.45, 2.75) is 39.3 Å². The van der Waals surface area contributed by atoms with Crippen LogP contribution in [0.3, 0.4) is 0 Å². The molecule has 2 amide bonds. The maximum Gasteiger partial charge on any atom is 0.329 e. The maximum atomic E-state index is 12.6. The second-order valence-corrected chi connectivity index (χ2v) is 7.46. The van der Waals surface area contributed by atoms with Crippen molar-refractivity contribution in [1.82, 2.24) is 5.32 Å². The number of rotatable bonds is 8. The molecule has 0 saturated heterocycles. The Morgan fingerprint density at radius 1 is 0.966 bits per heavy atom.